The second-order valence-electron chi connectivity index (χ2n) is 6.42. The van der Waals surface area contributed by atoms with Gasteiger partial charge < -0.3 is 10.1 Å². The first-order valence-corrected chi connectivity index (χ1v) is 10.7. The Labute approximate surface area is 162 Å². The van der Waals surface area contributed by atoms with Crippen LogP contribution in [0, 0.1) is 0 Å². The van der Waals surface area contributed by atoms with Gasteiger partial charge in [0.2, 0.25) is 5.91 Å². The summed E-state index contributed by atoms with van der Waals surface area (Å²) >= 11 is 0. The zero-order valence-electron chi connectivity index (χ0n) is 16.5. The molecule has 1 amide bonds. The van der Waals surface area contributed by atoms with Gasteiger partial charge in [-0.1, -0.05) is 13.8 Å². The number of benzene rings is 1. The van der Waals surface area contributed by atoms with E-state index in [0.717, 1.165) is 5.75 Å². The van der Waals surface area contributed by atoms with Gasteiger partial charge in [0.25, 0.3) is 10.2 Å². The highest BCUT2D eigenvalue weighted by molar-refractivity contribution is 7.86. The normalized spacial score (nSPS) is 17.7. The number of nitrogens with zero attached hydrogens (tertiary/aromatic N) is 3. The number of amides is 1. The highest BCUT2D eigenvalue weighted by Gasteiger charge is 2.33. The molecule has 1 aliphatic rings. The maximum Gasteiger partial charge on any atom is 0.282 e. The highest BCUT2D eigenvalue weighted by Crippen LogP contribution is 2.17. The number of carbonyl (C=O) groups excluding carboxylic acids is 1. The molecule has 27 heavy (non-hydrogen) atoms. The first-order chi connectivity index (χ1) is 12.8. The van der Waals surface area contributed by atoms with Crippen molar-refractivity contribution in [2.45, 2.75) is 26.8 Å². The van der Waals surface area contributed by atoms with Crippen LogP contribution in [0.25, 0.3) is 0 Å². The van der Waals surface area contributed by atoms with Gasteiger partial charge in [-0.25, -0.2) is 0 Å². The van der Waals surface area contributed by atoms with E-state index in [1.807, 2.05) is 25.7 Å². The molecule has 0 spiro atoms. The number of hydrogen-bond acceptors (Lipinski definition) is 5. The van der Waals surface area contributed by atoms with Crippen LogP contribution in [-0.4, -0.2) is 80.3 Å². The molecule has 9 heteroatoms. The highest BCUT2D eigenvalue weighted by atomic mass is 32.2. The second-order valence-corrected chi connectivity index (χ2v) is 8.35. The average molecular weight is 399 g/mol. The summed E-state index contributed by atoms with van der Waals surface area (Å²) in [7, 11) is -1.83. The van der Waals surface area contributed by atoms with Crippen molar-refractivity contribution in [1.29, 1.82) is 0 Å². The Kier molecular flexibility index (Phi) is 7.60. The molecular formula is C18H30N4O4S. The monoisotopic (exact) mass is 398 g/mol. The van der Waals surface area contributed by atoms with Crippen LogP contribution < -0.4 is 10.1 Å². The Balaban J connectivity index is 1.91. The molecule has 1 aliphatic heterocycles. The molecule has 0 aliphatic carbocycles. The van der Waals surface area contributed by atoms with E-state index >= 15 is 0 Å². The third kappa shape index (κ3) is 5.19. The molecule has 1 N–H and O–H groups in total. The lowest BCUT2D eigenvalue weighted by molar-refractivity contribution is -0.121. The Morgan fingerprint density at radius 1 is 1.15 bits per heavy atom. The van der Waals surface area contributed by atoms with Crippen LogP contribution in [0.1, 0.15) is 20.8 Å². The molecule has 1 unspecified atom stereocenters. The van der Waals surface area contributed by atoms with Crippen molar-refractivity contribution in [2.24, 2.45) is 0 Å². The number of carbonyl (C=O) groups is 1. The van der Waals surface area contributed by atoms with Gasteiger partial charge >= 0.3 is 0 Å². The van der Waals surface area contributed by atoms with Crippen molar-refractivity contribution in [2.75, 3.05) is 51.7 Å². The van der Waals surface area contributed by atoms with Crippen LogP contribution >= 0.6 is 0 Å². The molecule has 1 atom stereocenters. The lowest BCUT2D eigenvalue weighted by atomic mass is 10.2. The van der Waals surface area contributed by atoms with E-state index in [0.29, 0.717) is 45.0 Å². The zero-order valence-corrected chi connectivity index (χ0v) is 17.3. The van der Waals surface area contributed by atoms with E-state index in [4.69, 9.17) is 4.74 Å². The van der Waals surface area contributed by atoms with Crippen molar-refractivity contribution in [3.05, 3.63) is 24.3 Å². The third-order valence-corrected chi connectivity index (χ3v) is 7.10. The first-order valence-electron chi connectivity index (χ1n) is 9.27. The van der Waals surface area contributed by atoms with E-state index in [9.17, 15) is 13.2 Å². The zero-order chi connectivity index (χ0) is 20.0. The summed E-state index contributed by atoms with van der Waals surface area (Å²) in [5, 5.41) is 2.89. The van der Waals surface area contributed by atoms with Crippen molar-refractivity contribution in [3.8, 4) is 5.75 Å². The van der Waals surface area contributed by atoms with Crippen molar-refractivity contribution < 1.29 is 17.9 Å². The summed E-state index contributed by atoms with van der Waals surface area (Å²) in [5.41, 5.74) is 0.704. The van der Waals surface area contributed by atoms with Crippen molar-refractivity contribution >= 4 is 21.8 Å². The molecule has 1 aromatic carbocycles. The van der Waals surface area contributed by atoms with Crippen LogP contribution in [0.4, 0.5) is 5.69 Å². The molecule has 1 aromatic rings. The van der Waals surface area contributed by atoms with Gasteiger partial charge in [-0.15, -0.1) is 0 Å². The number of rotatable bonds is 8. The second kappa shape index (κ2) is 9.50. The van der Waals surface area contributed by atoms with E-state index in [1.165, 1.54) is 8.61 Å². The number of hydrogen-bond donors (Lipinski definition) is 1. The van der Waals surface area contributed by atoms with E-state index in [2.05, 4.69) is 5.32 Å². The summed E-state index contributed by atoms with van der Waals surface area (Å²) in [5.74, 6) is 0.617. The van der Waals surface area contributed by atoms with Gasteiger partial charge in [0.05, 0.1) is 13.2 Å². The molecular weight excluding hydrogens is 368 g/mol. The molecule has 2 rings (SSSR count). The topological polar surface area (TPSA) is 82.2 Å². The SMILES string of the molecule is CCN(CC)S(=O)(=O)N1CCN(C(C)C(=O)Nc2ccc(OC)cc2)CC1. The minimum Gasteiger partial charge on any atom is -0.497 e. The van der Waals surface area contributed by atoms with Gasteiger partial charge in [0.1, 0.15) is 5.75 Å². The quantitative estimate of drug-likeness (QED) is 0.712. The number of methoxy groups -OCH3 is 1. The Hall–Kier alpha value is -1.68. The molecule has 0 saturated carbocycles. The van der Waals surface area contributed by atoms with Gasteiger partial charge in [0, 0.05) is 45.0 Å². The first kappa shape index (κ1) is 21.6. The minimum atomic E-state index is -3.42. The molecule has 1 heterocycles. The fourth-order valence-electron chi connectivity index (χ4n) is 3.12. The number of nitrogens with one attached hydrogen (secondary N) is 1. The van der Waals surface area contributed by atoms with Gasteiger partial charge in [-0.3, -0.25) is 9.69 Å². The fraction of sp³-hybridized carbons (Fsp3) is 0.611. The third-order valence-electron chi connectivity index (χ3n) is 4.92. The summed E-state index contributed by atoms with van der Waals surface area (Å²) in [6, 6.07) is 6.81. The van der Waals surface area contributed by atoms with E-state index < -0.39 is 10.2 Å². The smallest absolute Gasteiger partial charge is 0.282 e. The Morgan fingerprint density at radius 3 is 2.19 bits per heavy atom. The summed E-state index contributed by atoms with van der Waals surface area (Å²) in [4.78, 5) is 14.5. The van der Waals surface area contributed by atoms with E-state index in [-0.39, 0.29) is 11.9 Å². The largest absolute Gasteiger partial charge is 0.497 e. The minimum absolute atomic E-state index is 0.111. The molecule has 0 radical (unpaired) electrons. The van der Waals surface area contributed by atoms with Gasteiger partial charge in [-0.2, -0.15) is 17.0 Å². The maximum absolute atomic E-state index is 12.6. The van der Waals surface area contributed by atoms with Gasteiger partial charge in [0.15, 0.2) is 0 Å². The van der Waals surface area contributed by atoms with E-state index in [1.54, 1.807) is 31.4 Å². The van der Waals surface area contributed by atoms with Crippen LogP contribution in [0.2, 0.25) is 0 Å². The number of ether oxygens (including phenoxy) is 1. The summed E-state index contributed by atoms with van der Waals surface area (Å²) < 4.78 is 33.3. The fourth-order valence-corrected chi connectivity index (χ4v) is 4.73. The van der Waals surface area contributed by atoms with Gasteiger partial charge in [-0.05, 0) is 31.2 Å². The van der Waals surface area contributed by atoms with Crippen LogP contribution in [0.5, 0.6) is 5.75 Å². The lowest BCUT2D eigenvalue weighted by Gasteiger charge is -2.38. The van der Waals surface area contributed by atoms with Crippen LogP contribution in [0.15, 0.2) is 24.3 Å². The molecule has 1 saturated heterocycles. The van der Waals surface area contributed by atoms with Crippen molar-refractivity contribution in [3.63, 3.8) is 0 Å². The van der Waals surface area contributed by atoms with Crippen LogP contribution in [-0.2, 0) is 15.0 Å². The predicted molar refractivity (Wildman–Crippen MR) is 106 cm³/mol. The number of anilines is 1. The number of piperazine rings is 1. The maximum atomic E-state index is 12.6. The van der Waals surface area contributed by atoms with Crippen molar-refractivity contribution in [1.82, 2.24) is 13.5 Å². The van der Waals surface area contributed by atoms with Crippen LogP contribution in [0.3, 0.4) is 0 Å². The molecule has 8 nitrogen and oxygen atoms in total. The molecule has 152 valence electrons. The lowest BCUT2D eigenvalue weighted by Crippen LogP contribution is -2.56. The standard InChI is InChI=1S/C18H30N4O4S/c1-5-21(6-2)27(24,25)22-13-11-20(12-14-22)15(3)18(23)19-16-7-9-17(26-4)10-8-16/h7-10,15H,5-6,11-14H2,1-4H3,(H,19,23). The molecule has 0 aromatic heterocycles. The Morgan fingerprint density at radius 2 is 1.70 bits per heavy atom. The summed E-state index contributed by atoms with van der Waals surface area (Å²) in [6.07, 6.45) is 0. The molecule has 1 fully saturated rings. The summed E-state index contributed by atoms with van der Waals surface area (Å²) in [6.45, 7) is 8.26. The predicted octanol–water partition coefficient (Wildman–Crippen LogP) is 1.23. The molecule has 0 bridgehead atoms. The Bertz CT molecular complexity index is 711. The average Bonchev–Trinajstić information content (AvgIpc) is 2.68.